The Balaban J connectivity index is 2.39. The van der Waals surface area contributed by atoms with Crippen molar-refractivity contribution in [1.82, 2.24) is 10.2 Å². The lowest BCUT2D eigenvalue weighted by Crippen LogP contribution is -2.06. The van der Waals surface area contributed by atoms with Gasteiger partial charge in [0.15, 0.2) is 4.34 Å². The molecule has 0 aliphatic rings. The van der Waals surface area contributed by atoms with Gasteiger partial charge in [-0.2, -0.15) is 5.26 Å². The smallest absolute Gasteiger partial charge is 0.206 e. The monoisotopic (exact) mass is 244 g/mol. The Labute approximate surface area is 96.8 Å². The van der Waals surface area contributed by atoms with Crippen molar-refractivity contribution in [1.29, 1.82) is 5.26 Å². The second-order valence-corrected chi connectivity index (χ2v) is 5.25. The molecule has 1 aromatic heterocycles. The van der Waals surface area contributed by atoms with E-state index in [4.69, 9.17) is 10.00 Å². The van der Waals surface area contributed by atoms with Crippen LogP contribution in [-0.4, -0.2) is 35.7 Å². The molecule has 15 heavy (non-hydrogen) atoms. The van der Waals surface area contributed by atoms with Crippen LogP contribution in [0.5, 0.6) is 0 Å². The van der Waals surface area contributed by atoms with Crippen molar-refractivity contribution >= 4 is 28.2 Å². The number of thioether (sulfide) groups is 1. The zero-order chi connectivity index (χ0) is 11.1. The van der Waals surface area contributed by atoms with Crippen molar-refractivity contribution in [3.05, 3.63) is 0 Å². The van der Waals surface area contributed by atoms with Gasteiger partial charge in [0.25, 0.3) is 0 Å². The van der Waals surface area contributed by atoms with Gasteiger partial charge in [-0.15, -0.1) is 10.2 Å². The molecule has 0 unspecified atom stereocenters. The minimum Gasteiger partial charge on any atom is -0.383 e. The number of hydrogen-bond acceptors (Lipinski definition) is 7. The van der Waals surface area contributed by atoms with E-state index in [-0.39, 0.29) is 5.25 Å². The summed E-state index contributed by atoms with van der Waals surface area (Å²) in [4.78, 5) is 0. The predicted molar refractivity (Wildman–Crippen MR) is 61.2 cm³/mol. The molecule has 1 heterocycles. The molecule has 1 aromatic rings. The normalized spacial score (nSPS) is 12.1. The van der Waals surface area contributed by atoms with Crippen LogP contribution in [0.3, 0.4) is 0 Å². The van der Waals surface area contributed by atoms with Gasteiger partial charge in [0.1, 0.15) is 0 Å². The summed E-state index contributed by atoms with van der Waals surface area (Å²) in [5.74, 6) is 0. The average molecular weight is 244 g/mol. The molecule has 7 heteroatoms. The number of ether oxygens (including phenoxy) is 1. The van der Waals surface area contributed by atoms with Crippen LogP contribution in [0.2, 0.25) is 0 Å². The zero-order valence-corrected chi connectivity index (χ0v) is 10.2. The number of aromatic nitrogens is 2. The Morgan fingerprint density at radius 2 is 2.47 bits per heavy atom. The topological polar surface area (TPSA) is 70.8 Å². The second-order valence-electron chi connectivity index (χ2n) is 2.68. The van der Waals surface area contributed by atoms with Crippen molar-refractivity contribution < 1.29 is 4.74 Å². The molecule has 0 saturated carbocycles. The average Bonchev–Trinajstić information content (AvgIpc) is 2.66. The van der Waals surface area contributed by atoms with Crippen LogP contribution < -0.4 is 5.32 Å². The Hall–Kier alpha value is -0.840. The van der Waals surface area contributed by atoms with Gasteiger partial charge in [-0.3, -0.25) is 0 Å². The van der Waals surface area contributed by atoms with E-state index < -0.39 is 0 Å². The first kappa shape index (κ1) is 12.2. The number of hydrogen-bond donors (Lipinski definition) is 1. The number of nitriles is 1. The molecule has 1 N–H and O–H groups in total. The van der Waals surface area contributed by atoms with E-state index >= 15 is 0 Å². The van der Waals surface area contributed by atoms with E-state index in [1.807, 2.05) is 6.92 Å². The van der Waals surface area contributed by atoms with Crippen LogP contribution in [0.25, 0.3) is 0 Å². The maximum absolute atomic E-state index is 8.63. The third kappa shape index (κ3) is 4.46. The van der Waals surface area contributed by atoms with Crippen LogP contribution in [-0.2, 0) is 4.74 Å². The summed E-state index contributed by atoms with van der Waals surface area (Å²) in [7, 11) is 1.65. The van der Waals surface area contributed by atoms with Crippen molar-refractivity contribution in [2.45, 2.75) is 16.5 Å². The number of anilines is 1. The summed E-state index contributed by atoms with van der Waals surface area (Å²) < 4.78 is 5.71. The molecule has 82 valence electrons. The van der Waals surface area contributed by atoms with Crippen LogP contribution in [0.4, 0.5) is 5.13 Å². The Morgan fingerprint density at radius 3 is 3.13 bits per heavy atom. The lowest BCUT2D eigenvalue weighted by Gasteiger charge is -1.98. The van der Waals surface area contributed by atoms with Gasteiger partial charge in [0, 0.05) is 13.7 Å². The highest BCUT2D eigenvalue weighted by Gasteiger charge is 2.08. The highest BCUT2D eigenvalue weighted by Crippen LogP contribution is 2.28. The molecule has 5 nitrogen and oxygen atoms in total. The molecule has 0 spiro atoms. The van der Waals surface area contributed by atoms with Crippen LogP contribution in [0.15, 0.2) is 4.34 Å². The maximum atomic E-state index is 8.63. The van der Waals surface area contributed by atoms with E-state index in [9.17, 15) is 0 Å². The Morgan fingerprint density at radius 1 is 1.67 bits per heavy atom. The largest absolute Gasteiger partial charge is 0.383 e. The Kier molecular flexibility index (Phi) is 5.39. The quantitative estimate of drug-likeness (QED) is 0.605. The molecule has 0 aliphatic heterocycles. The summed E-state index contributed by atoms with van der Waals surface area (Å²) >= 11 is 2.87. The van der Waals surface area contributed by atoms with E-state index in [2.05, 4.69) is 21.6 Å². The highest BCUT2D eigenvalue weighted by atomic mass is 32.2. The van der Waals surface area contributed by atoms with Gasteiger partial charge in [-0.1, -0.05) is 23.1 Å². The van der Waals surface area contributed by atoms with Crippen molar-refractivity contribution in [3.8, 4) is 6.07 Å². The van der Waals surface area contributed by atoms with Crippen molar-refractivity contribution in [3.63, 3.8) is 0 Å². The zero-order valence-electron chi connectivity index (χ0n) is 8.56. The standard InChI is InChI=1S/C8H12N4OS2/c1-6(5-9)14-8-12-11-7(15-8)10-3-4-13-2/h6H,3-4H2,1-2H3,(H,10,11)/t6-/m0/s1. The van der Waals surface area contributed by atoms with E-state index in [1.54, 1.807) is 7.11 Å². The third-order valence-corrected chi connectivity index (χ3v) is 3.40. The summed E-state index contributed by atoms with van der Waals surface area (Å²) in [5.41, 5.74) is 0. The molecule has 0 bridgehead atoms. The molecular weight excluding hydrogens is 232 g/mol. The summed E-state index contributed by atoms with van der Waals surface area (Å²) in [5, 5.41) is 20.3. The number of methoxy groups -OCH3 is 1. The van der Waals surface area contributed by atoms with E-state index in [1.165, 1.54) is 23.1 Å². The molecule has 1 rings (SSSR count). The summed E-state index contributed by atoms with van der Waals surface area (Å²) in [6, 6.07) is 2.14. The van der Waals surface area contributed by atoms with Gasteiger partial charge in [-0.05, 0) is 6.92 Å². The fourth-order valence-corrected chi connectivity index (χ4v) is 2.57. The predicted octanol–water partition coefficient (Wildman–Crippen LogP) is 1.60. The molecule has 0 aliphatic carbocycles. The number of nitrogens with zero attached hydrogens (tertiary/aromatic N) is 3. The van der Waals surface area contributed by atoms with Gasteiger partial charge in [0.05, 0.1) is 17.9 Å². The third-order valence-electron chi connectivity index (χ3n) is 1.45. The molecule has 0 fully saturated rings. The number of nitrogens with one attached hydrogen (secondary N) is 1. The fraction of sp³-hybridized carbons (Fsp3) is 0.625. The lowest BCUT2D eigenvalue weighted by atomic mass is 10.5. The van der Waals surface area contributed by atoms with Crippen LogP contribution in [0.1, 0.15) is 6.92 Å². The van der Waals surface area contributed by atoms with Gasteiger partial charge < -0.3 is 10.1 Å². The van der Waals surface area contributed by atoms with Gasteiger partial charge in [-0.25, -0.2) is 0 Å². The number of rotatable bonds is 6. The molecular formula is C8H12N4OS2. The first-order valence-corrected chi connectivity index (χ1v) is 6.08. The van der Waals surface area contributed by atoms with Gasteiger partial charge >= 0.3 is 0 Å². The van der Waals surface area contributed by atoms with E-state index in [0.717, 1.165) is 9.47 Å². The highest BCUT2D eigenvalue weighted by molar-refractivity contribution is 8.01. The SMILES string of the molecule is COCCNc1nnc(S[C@@H](C)C#N)s1. The van der Waals surface area contributed by atoms with Crippen LogP contribution in [0, 0.1) is 11.3 Å². The lowest BCUT2D eigenvalue weighted by molar-refractivity contribution is 0.211. The molecule has 1 atom stereocenters. The summed E-state index contributed by atoms with van der Waals surface area (Å²) in [6.45, 7) is 3.18. The van der Waals surface area contributed by atoms with Gasteiger partial charge in [0.2, 0.25) is 5.13 Å². The van der Waals surface area contributed by atoms with Crippen molar-refractivity contribution in [2.24, 2.45) is 0 Å². The molecule has 0 radical (unpaired) electrons. The second kappa shape index (κ2) is 6.61. The molecule has 0 amide bonds. The first-order valence-electron chi connectivity index (χ1n) is 4.39. The minimum atomic E-state index is -0.0928. The fourth-order valence-electron chi connectivity index (χ4n) is 0.766. The van der Waals surface area contributed by atoms with E-state index in [0.29, 0.717) is 13.2 Å². The van der Waals surface area contributed by atoms with Crippen molar-refractivity contribution in [2.75, 3.05) is 25.6 Å². The Bertz CT molecular complexity index is 336. The molecule has 0 aromatic carbocycles. The first-order chi connectivity index (χ1) is 7.26. The summed E-state index contributed by atoms with van der Waals surface area (Å²) in [6.07, 6.45) is 0. The van der Waals surface area contributed by atoms with Crippen LogP contribution >= 0.6 is 23.1 Å². The molecule has 0 saturated heterocycles. The maximum Gasteiger partial charge on any atom is 0.206 e. The minimum absolute atomic E-state index is 0.0928.